The number of thiophene rings is 4. The van der Waals surface area contributed by atoms with E-state index in [1.807, 2.05) is 22.7 Å². The fourth-order valence-corrected chi connectivity index (χ4v) is 17.7. The lowest BCUT2D eigenvalue weighted by Gasteiger charge is -2.09. The van der Waals surface area contributed by atoms with Gasteiger partial charge in [0.2, 0.25) is 0 Å². The second kappa shape index (κ2) is 29.3. The first-order chi connectivity index (χ1) is 28.7. The monoisotopic (exact) mass is 930 g/mol. The maximum atomic E-state index is 2.60. The van der Waals surface area contributed by atoms with Gasteiger partial charge in [0.1, 0.15) is 0 Å². The summed E-state index contributed by atoms with van der Waals surface area (Å²) in [6.07, 6.45) is 32.9. The van der Waals surface area contributed by atoms with Gasteiger partial charge in [-0.1, -0.05) is 156 Å². The highest BCUT2D eigenvalue weighted by Crippen LogP contribution is 2.54. The smallest absolute Gasteiger partial charge is 0.0741 e. The molecule has 0 aliphatic carbocycles. The lowest BCUT2D eigenvalue weighted by Crippen LogP contribution is -1.84. The normalized spacial score (nSPS) is 11.9. The summed E-state index contributed by atoms with van der Waals surface area (Å²) in [5.41, 5.74) is 2.99. The molecule has 0 N–H and O–H groups in total. The predicted octanol–water partition coefficient (Wildman–Crippen LogP) is 21.4. The first kappa shape index (κ1) is 49.0. The van der Waals surface area contributed by atoms with Gasteiger partial charge in [-0.15, -0.1) is 92.4 Å². The van der Waals surface area contributed by atoms with Crippen molar-refractivity contribution in [1.82, 2.24) is 0 Å². The minimum atomic E-state index is 1.24. The van der Waals surface area contributed by atoms with Crippen molar-refractivity contribution in [2.45, 2.75) is 200 Å². The van der Waals surface area contributed by atoms with E-state index in [9.17, 15) is 0 Å². The highest BCUT2D eigenvalue weighted by Gasteiger charge is 2.23. The van der Waals surface area contributed by atoms with Crippen molar-refractivity contribution in [3.8, 4) is 20.9 Å². The molecule has 0 atom stereocenters. The molecule has 58 heavy (non-hydrogen) atoms. The van der Waals surface area contributed by atoms with Gasteiger partial charge in [-0.25, -0.2) is 0 Å². The Morgan fingerprint density at radius 2 is 0.690 bits per heavy atom. The third-order valence-corrected chi connectivity index (χ3v) is 20.8. The third kappa shape index (κ3) is 15.6. The van der Waals surface area contributed by atoms with E-state index in [0.29, 0.717) is 0 Å². The fourth-order valence-electron chi connectivity index (χ4n) is 7.72. The van der Waals surface area contributed by atoms with Gasteiger partial charge in [-0.05, 0) is 83.7 Å². The molecule has 5 aromatic rings. The second-order valence-corrected chi connectivity index (χ2v) is 25.0. The molecule has 0 aliphatic heterocycles. The molecule has 1 aromatic carbocycles. The average molecular weight is 932 g/mol. The lowest BCUT2D eigenvalue weighted by atomic mass is 10.0. The van der Waals surface area contributed by atoms with Crippen LogP contribution in [0.4, 0.5) is 0 Å². The molecule has 8 heteroatoms. The molecular formula is C50H74S8. The summed E-state index contributed by atoms with van der Waals surface area (Å²) in [4.78, 5) is 6.04. The van der Waals surface area contributed by atoms with Crippen LogP contribution in [0.25, 0.3) is 41.1 Å². The number of benzene rings is 1. The average Bonchev–Trinajstić information content (AvgIpc) is 4.06. The molecule has 0 saturated heterocycles. The number of unbranched alkanes of at least 4 members (excludes halogenated alkanes) is 20. The van der Waals surface area contributed by atoms with E-state index in [-0.39, 0.29) is 0 Å². The van der Waals surface area contributed by atoms with Crippen LogP contribution in [0.3, 0.4) is 0 Å². The Morgan fingerprint density at radius 1 is 0.379 bits per heavy atom. The zero-order chi connectivity index (χ0) is 40.6. The van der Waals surface area contributed by atoms with Crippen molar-refractivity contribution in [3.63, 3.8) is 0 Å². The van der Waals surface area contributed by atoms with Gasteiger partial charge < -0.3 is 0 Å². The van der Waals surface area contributed by atoms with Gasteiger partial charge in [0.25, 0.3) is 0 Å². The molecule has 0 spiro atoms. The van der Waals surface area contributed by atoms with E-state index in [1.54, 1.807) is 18.2 Å². The van der Waals surface area contributed by atoms with Crippen LogP contribution < -0.4 is 0 Å². The molecule has 0 fully saturated rings. The summed E-state index contributed by atoms with van der Waals surface area (Å²) in [6, 6.07) is 10.1. The predicted molar refractivity (Wildman–Crippen MR) is 280 cm³/mol. The van der Waals surface area contributed by atoms with Crippen LogP contribution in [0.15, 0.2) is 53.2 Å². The summed E-state index contributed by atoms with van der Waals surface area (Å²) in [7, 11) is 0. The molecule has 322 valence electrons. The fraction of sp³-hybridized carbons (Fsp3) is 0.640. The maximum Gasteiger partial charge on any atom is 0.0741 e. The minimum absolute atomic E-state index is 1.24. The molecule has 0 nitrogen and oxygen atoms in total. The van der Waals surface area contributed by atoms with Gasteiger partial charge in [0.15, 0.2) is 0 Å². The number of hydrogen-bond acceptors (Lipinski definition) is 8. The van der Waals surface area contributed by atoms with Crippen molar-refractivity contribution >= 4 is 113 Å². The van der Waals surface area contributed by atoms with Gasteiger partial charge >= 0.3 is 0 Å². The minimum Gasteiger partial charge on any atom is -0.143 e. The topological polar surface area (TPSA) is 0 Å². The first-order valence-electron chi connectivity index (χ1n) is 23.4. The molecule has 0 unspecified atom stereocenters. The number of fused-ring (bicyclic) bond motifs is 2. The van der Waals surface area contributed by atoms with Gasteiger partial charge in [0.05, 0.1) is 8.42 Å². The lowest BCUT2D eigenvalue weighted by molar-refractivity contribution is 0.627. The van der Waals surface area contributed by atoms with E-state index in [2.05, 4.69) is 132 Å². The number of rotatable bonds is 34. The molecule has 5 rings (SSSR count). The number of thioether (sulfide) groups is 4. The Labute approximate surface area is 388 Å². The summed E-state index contributed by atoms with van der Waals surface area (Å²) < 4.78 is 6.10. The van der Waals surface area contributed by atoms with Crippen LogP contribution in [0.2, 0.25) is 0 Å². The Balaban J connectivity index is 1.40. The number of hydrogen-bond donors (Lipinski definition) is 0. The quantitative estimate of drug-likeness (QED) is 0.0298. The van der Waals surface area contributed by atoms with E-state index in [4.69, 9.17) is 0 Å². The molecule has 0 amide bonds. The zero-order valence-electron chi connectivity index (χ0n) is 36.5. The van der Waals surface area contributed by atoms with Crippen LogP contribution in [0, 0.1) is 0 Å². The highest BCUT2D eigenvalue weighted by atomic mass is 32.2. The Kier molecular flexibility index (Phi) is 24.8. The van der Waals surface area contributed by atoms with Gasteiger partial charge in [-0.2, -0.15) is 0 Å². The van der Waals surface area contributed by atoms with E-state index in [0.717, 1.165) is 0 Å². The Bertz CT molecular complexity index is 1570. The molecule has 0 aliphatic rings. The largest absolute Gasteiger partial charge is 0.143 e. The van der Waals surface area contributed by atoms with Gasteiger partial charge in [0, 0.05) is 50.8 Å². The van der Waals surface area contributed by atoms with Crippen LogP contribution in [-0.2, 0) is 0 Å². The zero-order valence-corrected chi connectivity index (χ0v) is 43.1. The van der Waals surface area contributed by atoms with Crippen molar-refractivity contribution in [2.24, 2.45) is 0 Å². The Hall–Kier alpha value is -0.0600. The SMILES string of the molecule is CCCCCCCCSc1cc(-c2c3ccsc3c(-c3cc(SCCCCCCCC)c(SCCCCCCCC)s3)c3ccsc23)sc1SCCCCCCCC. The standard InChI is InChI=1S/C50H74S8/c1-5-9-13-17-21-25-31-51-43-37-41(57-49(43)55-33-27-23-19-15-11-7-3)45-39-29-35-54-48(39)46(40-30-36-53-47(40)45)42-38-44(52-32-26-22-18-14-10-6-2)50(58-42)56-34-28-24-20-16-12-8-4/h29-30,35-38H,5-28,31-34H2,1-4H3. The van der Waals surface area contributed by atoms with E-state index in [1.165, 1.54) is 218 Å². The van der Waals surface area contributed by atoms with Crippen LogP contribution in [-0.4, -0.2) is 23.0 Å². The van der Waals surface area contributed by atoms with Crippen molar-refractivity contribution in [3.05, 3.63) is 35.0 Å². The summed E-state index contributed by atoms with van der Waals surface area (Å²) in [6.45, 7) is 9.27. The maximum absolute atomic E-state index is 2.60. The van der Waals surface area contributed by atoms with Crippen LogP contribution in [0.1, 0.15) is 182 Å². The van der Waals surface area contributed by atoms with Gasteiger partial charge in [-0.3, -0.25) is 0 Å². The Morgan fingerprint density at radius 3 is 1.03 bits per heavy atom. The molecule has 0 saturated carbocycles. The van der Waals surface area contributed by atoms with Crippen LogP contribution in [0.5, 0.6) is 0 Å². The second-order valence-electron chi connectivity index (χ2n) is 16.1. The van der Waals surface area contributed by atoms with Crippen molar-refractivity contribution in [2.75, 3.05) is 23.0 Å². The molecule has 4 aromatic heterocycles. The molecule has 0 radical (unpaired) electrons. The van der Waals surface area contributed by atoms with Crippen LogP contribution >= 0.6 is 92.4 Å². The summed E-state index contributed by atoms with van der Waals surface area (Å²) in [5, 5.41) is 7.67. The van der Waals surface area contributed by atoms with Crippen molar-refractivity contribution in [1.29, 1.82) is 0 Å². The molecule has 0 bridgehead atoms. The highest BCUT2D eigenvalue weighted by molar-refractivity contribution is 8.04. The molecule has 4 heterocycles. The summed E-state index contributed by atoms with van der Waals surface area (Å²) in [5.74, 6) is 4.97. The third-order valence-electron chi connectivity index (χ3n) is 11.1. The van der Waals surface area contributed by atoms with E-state index >= 15 is 0 Å². The molecular weight excluding hydrogens is 857 g/mol. The van der Waals surface area contributed by atoms with E-state index < -0.39 is 0 Å². The van der Waals surface area contributed by atoms with Crippen molar-refractivity contribution < 1.29 is 0 Å². The summed E-state index contributed by atoms with van der Waals surface area (Å²) >= 11 is 16.7. The first-order valence-corrected chi connectivity index (χ1v) is 30.7.